The van der Waals surface area contributed by atoms with E-state index in [1.165, 1.54) is 0 Å². The van der Waals surface area contributed by atoms with E-state index >= 15 is 0 Å². The number of rotatable bonds is 3. The van der Waals surface area contributed by atoms with Crippen molar-refractivity contribution in [3.63, 3.8) is 0 Å². The predicted molar refractivity (Wildman–Crippen MR) is 93.4 cm³/mol. The van der Waals surface area contributed by atoms with Crippen molar-refractivity contribution in [3.05, 3.63) is 17.8 Å². The summed E-state index contributed by atoms with van der Waals surface area (Å²) in [6.07, 6.45) is 3.73. The van der Waals surface area contributed by atoms with Crippen molar-refractivity contribution in [3.8, 4) is 0 Å². The molecule has 7 nitrogen and oxygen atoms in total. The van der Waals surface area contributed by atoms with E-state index in [0.29, 0.717) is 17.1 Å². The third-order valence-electron chi connectivity index (χ3n) is 4.67. The van der Waals surface area contributed by atoms with Gasteiger partial charge >= 0.3 is 0 Å². The molecular formula is C17H25N5O2. The fraction of sp³-hybridized carbons (Fsp3) is 0.588. The third-order valence-corrected chi connectivity index (χ3v) is 4.67. The van der Waals surface area contributed by atoms with Crippen molar-refractivity contribution in [2.24, 2.45) is 0 Å². The van der Waals surface area contributed by atoms with Crippen LogP contribution in [0.4, 0.5) is 11.5 Å². The van der Waals surface area contributed by atoms with Crippen LogP contribution in [0.3, 0.4) is 0 Å². The summed E-state index contributed by atoms with van der Waals surface area (Å²) in [5.41, 5.74) is 1.21. The lowest BCUT2D eigenvalue weighted by atomic mass is 10.2. The summed E-state index contributed by atoms with van der Waals surface area (Å²) < 4.78 is 0. The first kappa shape index (κ1) is 16.7. The zero-order valence-corrected chi connectivity index (χ0v) is 14.4. The second-order valence-corrected chi connectivity index (χ2v) is 6.39. The number of carbonyl (C=O) groups excluding carboxylic acids is 2. The molecule has 0 atom stereocenters. The van der Waals surface area contributed by atoms with Crippen molar-refractivity contribution in [1.82, 2.24) is 14.8 Å². The van der Waals surface area contributed by atoms with Gasteiger partial charge in [-0.05, 0) is 32.0 Å². The van der Waals surface area contributed by atoms with Gasteiger partial charge in [-0.15, -0.1) is 0 Å². The lowest BCUT2D eigenvalue weighted by Crippen LogP contribution is -2.38. The molecule has 130 valence electrons. The molecule has 0 saturated carbocycles. The zero-order chi connectivity index (χ0) is 17.1. The molecular weight excluding hydrogens is 306 g/mol. The quantitative estimate of drug-likeness (QED) is 0.896. The van der Waals surface area contributed by atoms with E-state index in [-0.39, 0.29) is 18.4 Å². The van der Waals surface area contributed by atoms with Gasteiger partial charge in [0.25, 0.3) is 5.91 Å². The maximum absolute atomic E-state index is 12.8. The maximum atomic E-state index is 12.8. The number of carbonyl (C=O) groups is 2. The van der Waals surface area contributed by atoms with Gasteiger partial charge in [0.1, 0.15) is 5.82 Å². The number of pyridine rings is 1. The van der Waals surface area contributed by atoms with Crippen LogP contribution in [0, 0.1) is 0 Å². The van der Waals surface area contributed by atoms with Crippen LogP contribution in [0.25, 0.3) is 0 Å². The summed E-state index contributed by atoms with van der Waals surface area (Å²) in [7, 11) is 1.71. The minimum Gasteiger partial charge on any atom is -0.359 e. The Labute approximate surface area is 142 Å². The molecule has 2 aliphatic heterocycles. The minimum absolute atomic E-state index is 0.00456. The van der Waals surface area contributed by atoms with Crippen LogP contribution in [0.5, 0.6) is 0 Å². The van der Waals surface area contributed by atoms with Crippen LogP contribution >= 0.6 is 0 Å². The first-order valence-electron chi connectivity index (χ1n) is 8.62. The standard InChI is InChI=1S/C17H25N5O2/c1-3-5-21-6-4-7-22(9-8-21)17(24)13-10-14-16(18-11-13)19-12-15(23)20(14)2/h10-11H,3-9,12H2,1-2H3,(H,18,19). The number of fused-ring (bicyclic) bond motifs is 1. The first-order chi connectivity index (χ1) is 11.6. The van der Waals surface area contributed by atoms with E-state index in [1.54, 1.807) is 24.2 Å². The van der Waals surface area contributed by atoms with Gasteiger partial charge in [-0.25, -0.2) is 4.98 Å². The fourth-order valence-corrected chi connectivity index (χ4v) is 3.27. The normalized spacial score (nSPS) is 18.8. The van der Waals surface area contributed by atoms with Gasteiger partial charge in [-0.3, -0.25) is 9.59 Å². The Morgan fingerprint density at radius 2 is 2.12 bits per heavy atom. The maximum Gasteiger partial charge on any atom is 0.255 e. The molecule has 0 aromatic carbocycles. The molecule has 2 aliphatic rings. The van der Waals surface area contributed by atoms with Gasteiger partial charge < -0.3 is 20.0 Å². The average molecular weight is 331 g/mol. The highest BCUT2D eigenvalue weighted by molar-refractivity contribution is 6.03. The fourth-order valence-electron chi connectivity index (χ4n) is 3.27. The van der Waals surface area contributed by atoms with Gasteiger partial charge in [0, 0.05) is 32.9 Å². The predicted octanol–water partition coefficient (Wildman–Crippen LogP) is 1.03. The number of nitrogens with zero attached hydrogens (tertiary/aromatic N) is 4. The van der Waals surface area contributed by atoms with E-state index in [2.05, 4.69) is 22.1 Å². The van der Waals surface area contributed by atoms with Crippen molar-refractivity contribution in [1.29, 1.82) is 0 Å². The molecule has 1 aromatic rings. The van der Waals surface area contributed by atoms with Crippen LogP contribution in [-0.4, -0.2) is 72.9 Å². The van der Waals surface area contributed by atoms with Gasteiger partial charge in [-0.1, -0.05) is 6.92 Å². The van der Waals surface area contributed by atoms with Gasteiger partial charge in [0.2, 0.25) is 5.91 Å². The summed E-state index contributed by atoms with van der Waals surface area (Å²) >= 11 is 0. The van der Waals surface area contributed by atoms with E-state index in [0.717, 1.165) is 45.6 Å². The highest BCUT2D eigenvalue weighted by Gasteiger charge is 2.25. The van der Waals surface area contributed by atoms with Crippen molar-refractivity contribution in [2.75, 3.05) is 56.5 Å². The van der Waals surface area contributed by atoms with Crippen molar-refractivity contribution < 1.29 is 9.59 Å². The Balaban J connectivity index is 1.74. The van der Waals surface area contributed by atoms with Gasteiger partial charge in [0.05, 0.1) is 17.8 Å². The number of hydrogen-bond donors (Lipinski definition) is 1. The van der Waals surface area contributed by atoms with Crippen LogP contribution in [0.1, 0.15) is 30.1 Å². The molecule has 1 fully saturated rings. The van der Waals surface area contributed by atoms with Crippen molar-refractivity contribution >= 4 is 23.3 Å². The van der Waals surface area contributed by atoms with Crippen LogP contribution in [-0.2, 0) is 4.79 Å². The Morgan fingerprint density at radius 1 is 1.29 bits per heavy atom. The smallest absolute Gasteiger partial charge is 0.255 e. The number of anilines is 2. The van der Waals surface area contributed by atoms with E-state index in [1.807, 2.05) is 4.90 Å². The monoisotopic (exact) mass is 331 g/mol. The van der Waals surface area contributed by atoms with E-state index in [4.69, 9.17) is 0 Å². The van der Waals surface area contributed by atoms with Crippen LogP contribution in [0.2, 0.25) is 0 Å². The summed E-state index contributed by atoms with van der Waals surface area (Å²) in [6, 6.07) is 1.77. The van der Waals surface area contributed by atoms with E-state index < -0.39 is 0 Å². The second-order valence-electron chi connectivity index (χ2n) is 6.39. The summed E-state index contributed by atoms with van der Waals surface area (Å²) in [4.78, 5) is 34.8. The zero-order valence-electron chi connectivity index (χ0n) is 14.4. The molecule has 2 amide bonds. The molecule has 0 radical (unpaired) electrons. The molecule has 3 heterocycles. The number of aromatic nitrogens is 1. The van der Waals surface area contributed by atoms with Crippen LogP contribution in [0.15, 0.2) is 12.3 Å². The number of nitrogens with one attached hydrogen (secondary N) is 1. The molecule has 0 unspecified atom stereocenters. The lowest BCUT2D eigenvalue weighted by molar-refractivity contribution is -0.116. The molecule has 1 saturated heterocycles. The minimum atomic E-state index is -0.0288. The van der Waals surface area contributed by atoms with Gasteiger partial charge in [0.15, 0.2) is 0 Å². The Hall–Kier alpha value is -2.15. The summed E-state index contributed by atoms with van der Waals surface area (Å²) in [6.45, 7) is 6.97. The highest BCUT2D eigenvalue weighted by atomic mass is 16.2. The summed E-state index contributed by atoms with van der Waals surface area (Å²) in [5, 5.41) is 2.98. The molecule has 0 bridgehead atoms. The Morgan fingerprint density at radius 3 is 2.92 bits per heavy atom. The summed E-state index contributed by atoms with van der Waals surface area (Å²) in [5.74, 6) is 0.618. The molecule has 24 heavy (non-hydrogen) atoms. The third kappa shape index (κ3) is 3.36. The molecule has 1 aromatic heterocycles. The Bertz CT molecular complexity index is 633. The van der Waals surface area contributed by atoms with Crippen molar-refractivity contribution in [2.45, 2.75) is 19.8 Å². The molecule has 0 spiro atoms. The highest BCUT2D eigenvalue weighted by Crippen LogP contribution is 2.27. The average Bonchev–Trinajstić information content (AvgIpc) is 2.83. The topological polar surface area (TPSA) is 68.8 Å². The molecule has 0 aliphatic carbocycles. The number of amides is 2. The molecule has 7 heteroatoms. The number of hydrogen-bond acceptors (Lipinski definition) is 5. The lowest BCUT2D eigenvalue weighted by Gasteiger charge is -2.27. The van der Waals surface area contributed by atoms with Gasteiger partial charge in [-0.2, -0.15) is 0 Å². The van der Waals surface area contributed by atoms with E-state index in [9.17, 15) is 9.59 Å². The first-order valence-corrected chi connectivity index (χ1v) is 8.62. The SMILES string of the molecule is CCCN1CCCN(C(=O)c2cnc3c(c2)N(C)C(=O)CN3)CC1. The largest absolute Gasteiger partial charge is 0.359 e. The molecule has 3 rings (SSSR count). The second kappa shape index (κ2) is 7.17. The molecule has 1 N–H and O–H groups in total. The van der Waals surface area contributed by atoms with Crippen LogP contribution < -0.4 is 10.2 Å². The number of likely N-dealkylation sites (N-methyl/N-ethyl adjacent to an activating group) is 1. The Kier molecular flexibility index (Phi) is 4.99.